The van der Waals surface area contributed by atoms with Crippen molar-refractivity contribution in [2.75, 3.05) is 9.80 Å². The monoisotopic (exact) mass is 1090 g/mol. The molecule has 0 atom stereocenters. The molecule has 0 saturated carbocycles. The Bertz CT molecular complexity index is 3480. The fourth-order valence-electron chi connectivity index (χ4n) is 10.9. The van der Waals surface area contributed by atoms with Gasteiger partial charge in [0, 0.05) is 55.7 Å². The molecule has 350 valence electrons. The van der Waals surface area contributed by atoms with Gasteiger partial charge in [0.25, 0.3) is 0 Å². The molecule has 0 N–H and O–H groups in total. The number of anilines is 3. The maximum absolute atomic E-state index is 6.72. The smallest absolute Gasteiger partial charge is 0.335 e. The summed E-state index contributed by atoms with van der Waals surface area (Å²) in [5, 5.41) is 2.24. The molecule has 0 saturated heterocycles. The van der Waals surface area contributed by atoms with Crippen LogP contribution in [-0.2, 0) is 37.3 Å². The van der Waals surface area contributed by atoms with Gasteiger partial charge in [0.2, 0.25) is 0 Å². The summed E-state index contributed by atoms with van der Waals surface area (Å²) >= 11 is 0. The first-order valence-electron chi connectivity index (χ1n) is 24.3. The van der Waals surface area contributed by atoms with E-state index < -0.39 is 0 Å². The molecule has 4 aliphatic rings. The number of rotatable bonds is 7. The van der Waals surface area contributed by atoms with E-state index in [4.69, 9.17) is 9.72 Å². The number of hydrogen-bond donors (Lipinski definition) is 0. The van der Waals surface area contributed by atoms with E-state index in [1.165, 1.54) is 51.0 Å². The van der Waals surface area contributed by atoms with Crippen molar-refractivity contribution in [3.05, 3.63) is 228 Å². The van der Waals surface area contributed by atoms with Crippen LogP contribution in [0.25, 0.3) is 38.8 Å². The zero-order chi connectivity index (χ0) is 47.2. The van der Waals surface area contributed by atoms with Crippen LogP contribution in [0.3, 0.4) is 0 Å². The molecule has 70 heavy (non-hydrogen) atoms. The summed E-state index contributed by atoms with van der Waals surface area (Å²) in [6, 6.07) is 57.0. The molecule has 0 fully saturated rings. The number of nitrogens with zero attached hydrogens (tertiary/aromatic N) is 5. The van der Waals surface area contributed by atoms with Gasteiger partial charge in [-0.05, 0) is 134 Å². The van der Waals surface area contributed by atoms with Crippen LogP contribution >= 0.6 is 0 Å². The van der Waals surface area contributed by atoms with Crippen LogP contribution < -0.4 is 14.5 Å². The summed E-state index contributed by atoms with van der Waals surface area (Å²) in [4.78, 5) is 11.9. The van der Waals surface area contributed by atoms with E-state index in [-0.39, 0.29) is 44.2 Å². The first-order chi connectivity index (χ1) is 33.3. The van der Waals surface area contributed by atoms with E-state index >= 15 is 0 Å². The molecular weight excluding hydrogens is 1040 g/mol. The van der Waals surface area contributed by atoms with Gasteiger partial charge in [0.1, 0.15) is 5.82 Å². The number of ether oxygens (including phenoxy) is 1. The van der Waals surface area contributed by atoms with Gasteiger partial charge in [0.15, 0.2) is 0 Å². The third-order valence-electron chi connectivity index (χ3n) is 14.8. The zero-order valence-corrected chi connectivity index (χ0v) is 43.0. The normalized spacial score (nSPS) is 16.8. The third kappa shape index (κ3) is 7.83. The van der Waals surface area contributed by atoms with Crippen molar-refractivity contribution in [3.63, 3.8) is 0 Å². The standard InChI is InChI=1S/C62H55BN5O.Pt/c1-60(2,3)45-28-33-64-58(37-45)68-54-21-12-11-20-50(54)51-26-25-48(39-57(51)68)69-47-19-15-18-46(38-47)66-41-67(56-23-14-13-22-55(56)66)59-49(43-24-27-52-53(36-43)62(6,7)32-31-61(52,4)5)30-35-65-34-29-44(40-63(59)65)42-16-9-8-10-17-42;/h8-30,33-37,40-41H,31-32H2,1-7H3;/q-3;. The molecule has 6 nitrogen and oxygen atoms in total. The van der Waals surface area contributed by atoms with Gasteiger partial charge in [-0.1, -0.05) is 139 Å². The van der Waals surface area contributed by atoms with Gasteiger partial charge in [0.05, 0.1) is 0 Å². The molecule has 0 bridgehead atoms. The van der Waals surface area contributed by atoms with Crippen LogP contribution in [0.5, 0.6) is 11.5 Å². The number of hydrogen-bond acceptors (Lipinski definition) is 5. The van der Waals surface area contributed by atoms with E-state index in [0.717, 1.165) is 51.1 Å². The van der Waals surface area contributed by atoms with Crippen molar-refractivity contribution < 1.29 is 25.8 Å². The molecule has 5 heterocycles. The van der Waals surface area contributed by atoms with Crippen molar-refractivity contribution in [1.82, 2.24) is 14.4 Å². The van der Waals surface area contributed by atoms with E-state index in [9.17, 15) is 0 Å². The van der Waals surface area contributed by atoms with Gasteiger partial charge in [-0.15, -0.1) is 48.1 Å². The van der Waals surface area contributed by atoms with Gasteiger partial charge in [-0.2, -0.15) is 12.1 Å². The summed E-state index contributed by atoms with van der Waals surface area (Å²) in [6.07, 6.45) is 13.2. The molecule has 0 radical (unpaired) electrons. The number of pyridine rings is 1. The minimum atomic E-state index is -0.0826. The Kier molecular flexibility index (Phi) is 11.2. The SMILES string of the molecule is CC(C)(C)c1ccnc(-n2c3[c-]c(Oc4[c-]c(N5[CH-]N(C6=C(c7ccc8c(c7)C(C)(C)CCC8(C)C)C=CN7C=CC(c8ccccc8)=CB67)c6ccccc65)ccc4)ccc3c3ccccc32)c1.[Pt]. The van der Waals surface area contributed by atoms with Crippen LogP contribution in [0.1, 0.15) is 89.1 Å². The molecule has 0 spiro atoms. The molecule has 12 rings (SSSR count). The maximum atomic E-state index is 6.72. The van der Waals surface area contributed by atoms with E-state index in [0.29, 0.717) is 11.5 Å². The van der Waals surface area contributed by atoms with Crippen LogP contribution in [-0.4, -0.2) is 21.2 Å². The number of aromatic nitrogens is 2. The average Bonchev–Trinajstić information content (AvgIpc) is 3.91. The molecule has 8 aromatic rings. The number of para-hydroxylation sites is 3. The Hall–Kier alpha value is -6.82. The van der Waals surface area contributed by atoms with Crippen molar-refractivity contribution in [3.8, 4) is 17.3 Å². The first-order valence-corrected chi connectivity index (χ1v) is 24.3. The second-order valence-electron chi connectivity index (χ2n) is 21.3. The molecule has 3 aliphatic heterocycles. The molecule has 6 aromatic carbocycles. The van der Waals surface area contributed by atoms with Gasteiger partial charge in [-0.25, -0.2) is 4.98 Å². The second-order valence-corrected chi connectivity index (χ2v) is 21.3. The Morgan fingerprint density at radius 2 is 1.37 bits per heavy atom. The predicted octanol–water partition coefficient (Wildman–Crippen LogP) is 15.2. The fraction of sp³-hybridized carbons (Fsp3) is 0.194. The van der Waals surface area contributed by atoms with Crippen molar-refractivity contribution in [1.29, 1.82) is 0 Å². The molecular formula is C62H55BN5OPt-3. The quantitative estimate of drug-likeness (QED) is 0.117. The summed E-state index contributed by atoms with van der Waals surface area (Å²) in [5.74, 6) is 4.48. The molecule has 2 aromatic heterocycles. The van der Waals surface area contributed by atoms with Crippen molar-refractivity contribution in [2.24, 2.45) is 0 Å². The fourth-order valence-corrected chi connectivity index (χ4v) is 10.9. The third-order valence-corrected chi connectivity index (χ3v) is 14.8. The minimum Gasteiger partial charge on any atom is -0.509 e. The zero-order valence-electron chi connectivity index (χ0n) is 40.8. The molecule has 0 unspecified atom stereocenters. The summed E-state index contributed by atoms with van der Waals surface area (Å²) in [7, 11) is 0. The Morgan fingerprint density at radius 3 is 2.17 bits per heavy atom. The summed E-state index contributed by atoms with van der Waals surface area (Å²) < 4.78 is 8.92. The summed E-state index contributed by atoms with van der Waals surface area (Å²) in [5.41, 5.74) is 15.3. The average molecular weight is 1090 g/mol. The van der Waals surface area contributed by atoms with Crippen LogP contribution in [0, 0.1) is 18.8 Å². The Morgan fingerprint density at radius 1 is 0.657 bits per heavy atom. The predicted molar refractivity (Wildman–Crippen MR) is 286 cm³/mol. The topological polar surface area (TPSA) is 36.8 Å². The Labute approximate surface area is 427 Å². The maximum Gasteiger partial charge on any atom is 0.335 e. The molecule has 1 aliphatic carbocycles. The number of allylic oxidation sites excluding steroid dienone is 4. The first kappa shape index (κ1) is 45.6. The van der Waals surface area contributed by atoms with E-state index in [2.05, 4.69) is 238 Å². The number of fused-ring (bicyclic) bond motifs is 6. The van der Waals surface area contributed by atoms with Crippen molar-refractivity contribution in [2.45, 2.75) is 77.6 Å². The van der Waals surface area contributed by atoms with Gasteiger partial charge < -0.3 is 23.9 Å². The van der Waals surface area contributed by atoms with Crippen LogP contribution in [0.15, 0.2) is 182 Å². The number of benzene rings is 6. The molecule has 8 heteroatoms. The Balaban J connectivity index is 0.00000533. The van der Waals surface area contributed by atoms with E-state index in [1.54, 1.807) is 0 Å². The van der Waals surface area contributed by atoms with Gasteiger partial charge >= 0.3 is 6.85 Å². The second kappa shape index (κ2) is 17.2. The van der Waals surface area contributed by atoms with Crippen LogP contribution in [0.2, 0.25) is 0 Å². The van der Waals surface area contributed by atoms with E-state index in [1.807, 2.05) is 24.4 Å². The van der Waals surface area contributed by atoms with Crippen molar-refractivity contribution >= 4 is 56.9 Å². The minimum absolute atomic E-state index is 0. The van der Waals surface area contributed by atoms with Crippen LogP contribution in [0.4, 0.5) is 17.1 Å². The van der Waals surface area contributed by atoms with Gasteiger partial charge in [-0.3, -0.25) is 0 Å². The molecule has 0 amide bonds. The largest absolute Gasteiger partial charge is 0.509 e. The summed E-state index contributed by atoms with van der Waals surface area (Å²) in [6.45, 7) is 18.5.